The van der Waals surface area contributed by atoms with Crippen LogP contribution < -0.4 is 4.90 Å². The monoisotopic (exact) mass is 613 g/mol. The number of benzene rings is 1. The molecule has 4 aromatic rings. The normalized spacial score (nSPS) is 15.6. The number of thiophene rings is 1. The number of piperazine rings is 1. The molecule has 2 aliphatic rings. The van der Waals surface area contributed by atoms with Gasteiger partial charge in [0.15, 0.2) is 17.4 Å². The summed E-state index contributed by atoms with van der Waals surface area (Å²) in [4.78, 5) is 30.7. The Kier molecular flexibility index (Phi) is 10.6. The van der Waals surface area contributed by atoms with Crippen molar-refractivity contribution < 1.29 is 9.53 Å². The number of hydrogen-bond donors (Lipinski definition) is 1. The first kappa shape index (κ1) is 31.6. The van der Waals surface area contributed by atoms with Crippen molar-refractivity contribution >= 4 is 44.1 Å². The number of aromatic amines is 1. The molecule has 10 heteroatoms. The third-order valence-corrected chi connectivity index (χ3v) is 8.85. The summed E-state index contributed by atoms with van der Waals surface area (Å²) in [5.74, 6) is 1.90. The molecule has 2 saturated heterocycles. The molecule has 0 radical (unpaired) electrons. The maximum absolute atomic E-state index is 12.1. The van der Waals surface area contributed by atoms with Gasteiger partial charge in [0, 0.05) is 73.8 Å². The van der Waals surface area contributed by atoms with Crippen molar-refractivity contribution in [1.29, 1.82) is 0 Å². The second-order valence-corrected chi connectivity index (χ2v) is 12.6. The largest absolute Gasteiger partial charge is 0.378 e. The van der Waals surface area contributed by atoms with E-state index in [0.717, 1.165) is 102 Å². The number of nitrogens with zero attached hydrogens (tertiary/aromatic N) is 6. The Bertz CT molecular complexity index is 1640. The number of morpholine rings is 1. The van der Waals surface area contributed by atoms with Gasteiger partial charge < -0.3 is 14.5 Å². The molecule has 0 unspecified atom stereocenters. The van der Waals surface area contributed by atoms with Crippen molar-refractivity contribution in [3.05, 3.63) is 71.9 Å². The second kappa shape index (κ2) is 14.7. The van der Waals surface area contributed by atoms with Crippen LogP contribution in [0.4, 0.5) is 5.82 Å². The molecule has 0 aliphatic carbocycles. The molecule has 3 aromatic heterocycles. The number of fused-ring (bicyclic) bond motifs is 2. The number of allylic oxidation sites excluding steroid dienone is 4. The minimum atomic E-state index is 0.179. The predicted molar refractivity (Wildman–Crippen MR) is 181 cm³/mol. The lowest BCUT2D eigenvalue weighted by Crippen LogP contribution is -2.45. The van der Waals surface area contributed by atoms with Gasteiger partial charge in [-0.05, 0) is 45.4 Å². The van der Waals surface area contributed by atoms with E-state index in [1.807, 2.05) is 39.1 Å². The number of rotatable bonds is 9. The highest BCUT2D eigenvalue weighted by molar-refractivity contribution is 7.19. The maximum Gasteiger partial charge on any atom is 0.162 e. The Morgan fingerprint density at radius 1 is 1.09 bits per heavy atom. The zero-order chi connectivity index (χ0) is 31.1. The summed E-state index contributed by atoms with van der Waals surface area (Å²) in [7, 11) is 0. The van der Waals surface area contributed by atoms with E-state index in [0.29, 0.717) is 19.6 Å². The zero-order valence-electron chi connectivity index (χ0n) is 26.1. The van der Waals surface area contributed by atoms with Crippen LogP contribution in [0.3, 0.4) is 0 Å². The molecular weight excluding hydrogens is 570 g/mol. The minimum absolute atomic E-state index is 0.179. The summed E-state index contributed by atoms with van der Waals surface area (Å²) < 4.78 is 6.78. The maximum atomic E-state index is 12.1. The van der Waals surface area contributed by atoms with Gasteiger partial charge in [0.1, 0.15) is 0 Å². The predicted octanol–water partition coefficient (Wildman–Crippen LogP) is 6.21. The number of hydrogen-bond acceptors (Lipinski definition) is 9. The van der Waals surface area contributed by atoms with E-state index >= 15 is 0 Å². The lowest BCUT2D eigenvalue weighted by atomic mass is 10.1. The Morgan fingerprint density at radius 2 is 1.84 bits per heavy atom. The first-order valence-corrected chi connectivity index (χ1v) is 16.1. The van der Waals surface area contributed by atoms with Gasteiger partial charge in [-0.2, -0.15) is 5.10 Å². The van der Waals surface area contributed by atoms with Crippen LogP contribution in [0.5, 0.6) is 0 Å². The SMILES string of the molecule is C=C(CCC(=O)C=C(C)C)N1CCN(Cc2cc3nc(-c4cccc5[nH]ncc45)nc(N4CCOCC4)c3s2)CC1.C=CC. The van der Waals surface area contributed by atoms with Gasteiger partial charge in [-0.25, -0.2) is 9.97 Å². The van der Waals surface area contributed by atoms with E-state index in [1.54, 1.807) is 23.5 Å². The number of H-pyrrole nitrogens is 1. The average Bonchev–Trinajstić information content (AvgIpc) is 3.67. The van der Waals surface area contributed by atoms with Crippen LogP contribution in [0.2, 0.25) is 0 Å². The summed E-state index contributed by atoms with van der Waals surface area (Å²) in [6, 6.07) is 8.35. The van der Waals surface area contributed by atoms with Crippen molar-refractivity contribution in [2.75, 3.05) is 57.4 Å². The molecule has 2 fully saturated rings. The highest BCUT2D eigenvalue weighted by Crippen LogP contribution is 2.36. The number of ether oxygens (including phenoxy) is 1. The summed E-state index contributed by atoms with van der Waals surface area (Å²) in [5, 5.41) is 8.32. The second-order valence-electron chi connectivity index (χ2n) is 11.5. The fourth-order valence-corrected chi connectivity index (χ4v) is 6.73. The van der Waals surface area contributed by atoms with E-state index < -0.39 is 0 Å². The van der Waals surface area contributed by atoms with Crippen molar-refractivity contribution in [1.82, 2.24) is 30.0 Å². The summed E-state index contributed by atoms with van der Waals surface area (Å²) in [6.07, 6.45) is 6.57. The zero-order valence-corrected chi connectivity index (χ0v) is 27.0. The number of carbonyl (C=O) groups excluding carboxylic acids is 1. The third-order valence-electron chi connectivity index (χ3n) is 7.75. The number of nitrogens with one attached hydrogen (secondary N) is 1. The number of carbonyl (C=O) groups is 1. The number of aromatic nitrogens is 4. The molecule has 232 valence electrons. The molecular formula is C34H43N7O2S. The fraction of sp³-hybridized carbons (Fsp3) is 0.412. The van der Waals surface area contributed by atoms with E-state index in [-0.39, 0.29) is 5.78 Å². The minimum Gasteiger partial charge on any atom is -0.378 e. The molecule has 6 rings (SSSR count). The van der Waals surface area contributed by atoms with Crippen LogP contribution in [0, 0.1) is 0 Å². The van der Waals surface area contributed by atoms with Crippen LogP contribution in [0.25, 0.3) is 32.5 Å². The molecule has 44 heavy (non-hydrogen) atoms. The lowest BCUT2D eigenvalue weighted by molar-refractivity contribution is -0.114. The van der Waals surface area contributed by atoms with Crippen LogP contribution in [-0.4, -0.2) is 88.2 Å². The molecule has 0 amide bonds. The smallest absolute Gasteiger partial charge is 0.162 e. The van der Waals surface area contributed by atoms with E-state index in [9.17, 15) is 4.79 Å². The van der Waals surface area contributed by atoms with Gasteiger partial charge in [-0.15, -0.1) is 17.9 Å². The Morgan fingerprint density at radius 3 is 2.57 bits per heavy atom. The fourth-order valence-electron chi connectivity index (χ4n) is 5.58. The van der Waals surface area contributed by atoms with Gasteiger partial charge >= 0.3 is 0 Å². The van der Waals surface area contributed by atoms with Crippen LogP contribution in [0.1, 0.15) is 38.5 Å². The average molecular weight is 614 g/mol. The highest BCUT2D eigenvalue weighted by Gasteiger charge is 2.23. The molecule has 9 nitrogen and oxygen atoms in total. The molecule has 0 bridgehead atoms. The summed E-state index contributed by atoms with van der Waals surface area (Å²) in [6.45, 7) is 21.2. The first-order valence-electron chi connectivity index (χ1n) is 15.3. The van der Waals surface area contributed by atoms with Crippen molar-refractivity contribution in [3.63, 3.8) is 0 Å². The lowest BCUT2D eigenvalue weighted by Gasteiger charge is -2.36. The Labute approximate surface area is 263 Å². The van der Waals surface area contributed by atoms with Gasteiger partial charge in [0.05, 0.1) is 35.1 Å². The third kappa shape index (κ3) is 7.61. The number of ketones is 1. The molecule has 0 atom stereocenters. The van der Waals surface area contributed by atoms with E-state index in [1.165, 1.54) is 4.88 Å². The van der Waals surface area contributed by atoms with Crippen LogP contribution in [-0.2, 0) is 16.1 Å². The highest BCUT2D eigenvalue weighted by atomic mass is 32.1. The first-order chi connectivity index (χ1) is 21.4. The number of anilines is 1. The van der Waals surface area contributed by atoms with Crippen LogP contribution >= 0.6 is 11.3 Å². The van der Waals surface area contributed by atoms with Gasteiger partial charge in [-0.3, -0.25) is 14.8 Å². The van der Waals surface area contributed by atoms with Gasteiger partial charge in [0.2, 0.25) is 0 Å². The molecule has 0 spiro atoms. The summed E-state index contributed by atoms with van der Waals surface area (Å²) >= 11 is 1.80. The molecule has 5 heterocycles. The standard InChI is InChI=1S/C31H37N7O2S.C3H6/c1-21(2)17-23(39)8-7-22(3)37-11-9-36(10-12-37)20-24-18-28-29(41-24)31(38-13-15-40-16-14-38)34-30(33-28)25-5-4-6-27-26(25)19-32-35-27;1-3-2/h4-6,17-19H,3,7-16,20H2,1-2H3,(H,32,35);3H,1H2,2H3. The van der Waals surface area contributed by atoms with Crippen molar-refractivity contribution in [2.45, 2.75) is 40.2 Å². The quantitative estimate of drug-likeness (QED) is 0.176. The molecule has 1 aromatic carbocycles. The Balaban J connectivity index is 0.00000123. The van der Waals surface area contributed by atoms with Crippen LogP contribution in [0.15, 0.2) is 67.0 Å². The van der Waals surface area contributed by atoms with E-state index in [2.05, 4.69) is 50.2 Å². The van der Waals surface area contributed by atoms with Gasteiger partial charge in [0.25, 0.3) is 0 Å². The summed E-state index contributed by atoms with van der Waals surface area (Å²) in [5.41, 5.74) is 5.06. The van der Waals surface area contributed by atoms with Crippen molar-refractivity contribution in [3.8, 4) is 11.4 Å². The molecule has 2 aliphatic heterocycles. The van der Waals surface area contributed by atoms with Gasteiger partial charge in [-0.1, -0.05) is 30.4 Å². The Hall–Kier alpha value is -3.86. The van der Waals surface area contributed by atoms with Crippen molar-refractivity contribution in [2.24, 2.45) is 0 Å². The topological polar surface area (TPSA) is 90.5 Å². The van der Waals surface area contributed by atoms with E-state index in [4.69, 9.17) is 14.7 Å². The molecule has 1 N–H and O–H groups in total. The molecule has 0 saturated carbocycles.